The van der Waals surface area contributed by atoms with Crippen molar-refractivity contribution < 1.29 is 8.91 Å². The molecule has 1 aliphatic rings. The van der Waals surface area contributed by atoms with E-state index in [0.29, 0.717) is 24.2 Å². The van der Waals surface area contributed by atoms with Crippen LogP contribution in [0.2, 0.25) is 0 Å². The van der Waals surface area contributed by atoms with Crippen LogP contribution in [0.1, 0.15) is 29.9 Å². The van der Waals surface area contributed by atoms with Crippen LogP contribution in [0.3, 0.4) is 0 Å². The third-order valence-corrected chi connectivity index (χ3v) is 5.36. The lowest BCUT2D eigenvalue weighted by Crippen LogP contribution is -2.33. The van der Waals surface area contributed by atoms with E-state index >= 15 is 0 Å². The first-order valence-corrected chi connectivity index (χ1v) is 9.53. The van der Waals surface area contributed by atoms with Crippen LogP contribution in [0, 0.1) is 18.7 Å². The molecule has 4 nitrogen and oxygen atoms in total. The number of piperidine rings is 1. The number of nitrogens with zero attached hydrogens (tertiary/aromatic N) is 3. The van der Waals surface area contributed by atoms with E-state index in [9.17, 15) is 4.39 Å². The van der Waals surface area contributed by atoms with E-state index in [2.05, 4.69) is 28.0 Å². The van der Waals surface area contributed by atoms with Crippen LogP contribution in [0.25, 0.3) is 11.4 Å². The second-order valence-corrected chi connectivity index (χ2v) is 7.38. The minimum absolute atomic E-state index is 0.168. The number of aryl methyl sites for hydroxylation is 1. The lowest BCUT2D eigenvalue weighted by atomic mass is 9.90. The molecule has 140 valence electrons. The van der Waals surface area contributed by atoms with Crippen LogP contribution in [0.5, 0.6) is 0 Å². The van der Waals surface area contributed by atoms with E-state index in [1.54, 1.807) is 12.1 Å². The highest BCUT2D eigenvalue weighted by molar-refractivity contribution is 5.58. The van der Waals surface area contributed by atoms with Gasteiger partial charge >= 0.3 is 0 Å². The van der Waals surface area contributed by atoms with Gasteiger partial charge in [-0.3, -0.25) is 4.90 Å². The number of benzene rings is 2. The molecule has 0 bridgehead atoms. The summed E-state index contributed by atoms with van der Waals surface area (Å²) in [5, 5.41) is 4.15. The zero-order valence-corrected chi connectivity index (χ0v) is 15.6. The van der Waals surface area contributed by atoms with Gasteiger partial charge in [-0.05, 0) is 68.5 Å². The Labute approximate surface area is 159 Å². The van der Waals surface area contributed by atoms with Gasteiger partial charge in [0.05, 0.1) is 6.54 Å². The maximum Gasteiger partial charge on any atom is 0.241 e. The van der Waals surface area contributed by atoms with Crippen LogP contribution >= 0.6 is 0 Å². The summed E-state index contributed by atoms with van der Waals surface area (Å²) < 4.78 is 18.5. The molecule has 27 heavy (non-hydrogen) atoms. The number of likely N-dealkylation sites (tertiary alicyclic amines) is 1. The molecule has 0 spiro atoms. The van der Waals surface area contributed by atoms with Crippen molar-refractivity contribution in [2.24, 2.45) is 5.92 Å². The first-order valence-electron chi connectivity index (χ1n) is 9.53. The van der Waals surface area contributed by atoms with Crippen molar-refractivity contribution >= 4 is 0 Å². The normalized spacial score (nSPS) is 15.9. The molecular weight excluding hydrogens is 341 g/mol. The second kappa shape index (κ2) is 8.01. The molecule has 2 heterocycles. The summed E-state index contributed by atoms with van der Waals surface area (Å²) in [5.74, 6) is 1.81. The Morgan fingerprint density at radius 2 is 1.81 bits per heavy atom. The maximum absolute atomic E-state index is 13.0. The molecule has 0 N–H and O–H groups in total. The second-order valence-electron chi connectivity index (χ2n) is 7.38. The van der Waals surface area contributed by atoms with E-state index < -0.39 is 0 Å². The van der Waals surface area contributed by atoms with Crippen molar-refractivity contribution in [1.29, 1.82) is 0 Å². The topological polar surface area (TPSA) is 42.2 Å². The van der Waals surface area contributed by atoms with E-state index in [-0.39, 0.29) is 5.82 Å². The zero-order valence-electron chi connectivity index (χ0n) is 15.6. The molecule has 0 saturated carbocycles. The van der Waals surface area contributed by atoms with Gasteiger partial charge in [0.1, 0.15) is 5.82 Å². The number of halogens is 1. The molecule has 0 amide bonds. The average Bonchev–Trinajstić information content (AvgIpc) is 3.14. The molecule has 4 rings (SSSR count). The fourth-order valence-electron chi connectivity index (χ4n) is 3.75. The largest absolute Gasteiger partial charge is 0.338 e. The smallest absolute Gasteiger partial charge is 0.241 e. The Morgan fingerprint density at radius 3 is 2.56 bits per heavy atom. The third kappa shape index (κ3) is 4.42. The Morgan fingerprint density at radius 1 is 1.07 bits per heavy atom. The monoisotopic (exact) mass is 365 g/mol. The molecule has 3 aromatic rings. The van der Waals surface area contributed by atoms with Crippen LogP contribution in [0.4, 0.5) is 4.39 Å². The first-order chi connectivity index (χ1) is 13.2. The van der Waals surface area contributed by atoms with Crippen LogP contribution < -0.4 is 0 Å². The van der Waals surface area contributed by atoms with Gasteiger partial charge < -0.3 is 4.52 Å². The highest BCUT2D eigenvalue weighted by atomic mass is 19.1. The molecule has 1 aromatic heterocycles. The van der Waals surface area contributed by atoms with Crippen molar-refractivity contribution in [2.45, 2.75) is 32.7 Å². The summed E-state index contributed by atoms with van der Waals surface area (Å²) in [6, 6.07) is 15.0. The van der Waals surface area contributed by atoms with Crippen molar-refractivity contribution in [3.63, 3.8) is 0 Å². The van der Waals surface area contributed by atoms with Crippen molar-refractivity contribution in [3.05, 3.63) is 71.4 Å². The number of hydrogen-bond acceptors (Lipinski definition) is 4. The van der Waals surface area contributed by atoms with Gasteiger partial charge in [0.25, 0.3) is 0 Å². The van der Waals surface area contributed by atoms with Gasteiger partial charge in [-0.1, -0.05) is 41.6 Å². The maximum atomic E-state index is 13.0. The lowest BCUT2D eigenvalue weighted by Gasteiger charge is -2.31. The molecule has 0 atom stereocenters. The zero-order chi connectivity index (χ0) is 18.6. The number of hydrogen-bond donors (Lipinski definition) is 0. The molecule has 1 saturated heterocycles. The molecule has 5 heteroatoms. The quantitative estimate of drug-likeness (QED) is 0.661. The van der Waals surface area contributed by atoms with E-state index in [1.165, 1.54) is 5.56 Å². The van der Waals surface area contributed by atoms with Gasteiger partial charge in [0, 0.05) is 5.56 Å². The van der Waals surface area contributed by atoms with E-state index in [1.807, 2.05) is 30.3 Å². The first kappa shape index (κ1) is 17.9. The summed E-state index contributed by atoms with van der Waals surface area (Å²) >= 11 is 0. The van der Waals surface area contributed by atoms with Gasteiger partial charge in [-0.25, -0.2) is 4.39 Å². The van der Waals surface area contributed by atoms with Crippen molar-refractivity contribution in [1.82, 2.24) is 15.0 Å². The summed E-state index contributed by atoms with van der Waals surface area (Å²) in [5.41, 5.74) is 3.38. The number of aromatic nitrogens is 2. The lowest BCUT2D eigenvalue weighted by molar-refractivity contribution is 0.159. The predicted molar refractivity (Wildman–Crippen MR) is 103 cm³/mol. The Kier molecular flexibility index (Phi) is 5.30. The van der Waals surface area contributed by atoms with Crippen LogP contribution in [-0.4, -0.2) is 28.1 Å². The number of rotatable bonds is 5. The van der Waals surface area contributed by atoms with Crippen molar-refractivity contribution in [2.75, 3.05) is 13.1 Å². The molecule has 2 aromatic carbocycles. The van der Waals surface area contributed by atoms with Crippen LogP contribution in [-0.2, 0) is 13.0 Å². The molecular formula is C22H24FN3O. The molecule has 1 aliphatic heterocycles. The Bertz CT molecular complexity index is 883. The van der Waals surface area contributed by atoms with Gasteiger partial charge in [0.15, 0.2) is 0 Å². The summed E-state index contributed by atoms with van der Waals surface area (Å²) in [6.45, 7) is 4.79. The summed E-state index contributed by atoms with van der Waals surface area (Å²) in [7, 11) is 0. The molecule has 1 fully saturated rings. The Balaban J connectivity index is 1.31. The van der Waals surface area contributed by atoms with Gasteiger partial charge in [-0.2, -0.15) is 4.98 Å². The SMILES string of the molecule is Cc1ccccc1-c1noc(CN2CCC(Cc3ccc(F)cc3)CC2)n1. The van der Waals surface area contributed by atoms with E-state index in [4.69, 9.17) is 4.52 Å². The predicted octanol–water partition coefficient (Wildman–Crippen LogP) is 4.64. The highest BCUT2D eigenvalue weighted by Gasteiger charge is 2.21. The van der Waals surface area contributed by atoms with Crippen LogP contribution in [0.15, 0.2) is 53.1 Å². The third-order valence-electron chi connectivity index (χ3n) is 5.36. The molecule has 0 radical (unpaired) electrons. The Hall–Kier alpha value is -2.53. The molecule has 0 aliphatic carbocycles. The standard InChI is InChI=1S/C22H24FN3O/c1-16-4-2-3-5-20(16)22-24-21(27-25-22)15-26-12-10-18(11-13-26)14-17-6-8-19(23)9-7-17/h2-9,18H,10-15H2,1H3. The summed E-state index contributed by atoms with van der Waals surface area (Å²) in [6.07, 6.45) is 3.29. The fourth-order valence-corrected chi connectivity index (χ4v) is 3.75. The van der Waals surface area contributed by atoms with E-state index in [0.717, 1.165) is 43.5 Å². The van der Waals surface area contributed by atoms with Gasteiger partial charge in [0.2, 0.25) is 11.7 Å². The minimum atomic E-state index is -0.168. The molecule has 0 unspecified atom stereocenters. The summed E-state index contributed by atoms with van der Waals surface area (Å²) in [4.78, 5) is 6.95. The fraction of sp³-hybridized carbons (Fsp3) is 0.364. The highest BCUT2D eigenvalue weighted by Crippen LogP contribution is 2.24. The van der Waals surface area contributed by atoms with Gasteiger partial charge in [-0.15, -0.1) is 0 Å². The van der Waals surface area contributed by atoms with Crippen molar-refractivity contribution in [3.8, 4) is 11.4 Å². The minimum Gasteiger partial charge on any atom is -0.338 e. The average molecular weight is 365 g/mol.